The topological polar surface area (TPSA) is 50.3 Å². The fourth-order valence-corrected chi connectivity index (χ4v) is 1.91. The molecule has 1 saturated heterocycles. The lowest BCUT2D eigenvalue weighted by Gasteiger charge is -2.19. The second-order valence-electron chi connectivity index (χ2n) is 3.82. The van der Waals surface area contributed by atoms with E-state index in [-0.39, 0.29) is 24.7 Å². The maximum atomic E-state index is 11.6. The summed E-state index contributed by atoms with van der Waals surface area (Å²) in [5.41, 5.74) is 2.69. The number of hydrogen-bond acceptors (Lipinski definition) is 3. The Bertz CT molecular complexity index is 420. The third kappa shape index (κ3) is 1.63. The molecule has 1 aliphatic heterocycles. The second-order valence-corrected chi connectivity index (χ2v) is 3.82. The summed E-state index contributed by atoms with van der Waals surface area (Å²) in [7, 11) is 0. The molecule has 1 aromatic rings. The van der Waals surface area contributed by atoms with E-state index in [1.165, 1.54) is 0 Å². The van der Waals surface area contributed by atoms with Gasteiger partial charge in [0.15, 0.2) is 5.78 Å². The molecule has 0 N–H and O–H groups in total. The number of anilines is 1. The standard InChI is InChI=1S/C11H12N2O2/c1-7-4-12-5-8(2)11(7)13-6-9(14)3-10(13)15/h4-5H,3,6H2,1-2H3. The molecular weight excluding hydrogens is 192 g/mol. The van der Waals surface area contributed by atoms with Crippen molar-refractivity contribution < 1.29 is 9.59 Å². The molecule has 1 aliphatic rings. The minimum absolute atomic E-state index is 0.0180. The first-order valence-electron chi connectivity index (χ1n) is 4.83. The normalized spacial score (nSPS) is 16.3. The van der Waals surface area contributed by atoms with Crippen LogP contribution in [-0.2, 0) is 9.59 Å². The third-order valence-electron chi connectivity index (χ3n) is 2.54. The number of amides is 1. The van der Waals surface area contributed by atoms with Crippen molar-refractivity contribution in [2.45, 2.75) is 20.3 Å². The highest BCUT2D eigenvalue weighted by atomic mass is 16.2. The number of aromatic nitrogens is 1. The maximum absolute atomic E-state index is 11.6. The van der Waals surface area contributed by atoms with Gasteiger partial charge in [0.1, 0.15) is 0 Å². The molecule has 0 bridgehead atoms. The fourth-order valence-electron chi connectivity index (χ4n) is 1.91. The Morgan fingerprint density at radius 3 is 2.27 bits per heavy atom. The molecule has 1 amide bonds. The van der Waals surface area contributed by atoms with Crippen LogP contribution in [0.15, 0.2) is 12.4 Å². The van der Waals surface area contributed by atoms with Gasteiger partial charge in [0.25, 0.3) is 0 Å². The quantitative estimate of drug-likeness (QED) is 0.641. The predicted octanol–water partition coefficient (Wildman–Crippen LogP) is 1.00. The average molecular weight is 204 g/mol. The summed E-state index contributed by atoms with van der Waals surface area (Å²) in [6.07, 6.45) is 3.44. The second kappa shape index (κ2) is 3.46. The van der Waals surface area contributed by atoms with Crippen molar-refractivity contribution >= 4 is 17.4 Å². The first kappa shape index (κ1) is 9.83. The van der Waals surface area contributed by atoms with Gasteiger partial charge in [-0.05, 0) is 25.0 Å². The molecule has 1 fully saturated rings. The van der Waals surface area contributed by atoms with E-state index in [1.807, 2.05) is 13.8 Å². The largest absolute Gasteiger partial charge is 0.304 e. The fraction of sp³-hybridized carbons (Fsp3) is 0.364. The summed E-state index contributed by atoms with van der Waals surface area (Å²) in [5.74, 6) is -0.131. The Morgan fingerprint density at radius 2 is 1.80 bits per heavy atom. The van der Waals surface area contributed by atoms with E-state index in [4.69, 9.17) is 0 Å². The zero-order valence-corrected chi connectivity index (χ0v) is 8.78. The van der Waals surface area contributed by atoms with E-state index >= 15 is 0 Å². The van der Waals surface area contributed by atoms with Crippen LogP contribution in [0.5, 0.6) is 0 Å². The molecule has 4 nitrogen and oxygen atoms in total. The number of ketones is 1. The van der Waals surface area contributed by atoms with Gasteiger partial charge in [-0.25, -0.2) is 0 Å². The van der Waals surface area contributed by atoms with Gasteiger partial charge in [-0.3, -0.25) is 14.6 Å². The van der Waals surface area contributed by atoms with Crippen LogP contribution in [0.25, 0.3) is 0 Å². The predicted molar refractivity (Wildman–Crippen MR) is 55.7 cm³/mol. The van der Waals surface area contributed by atoms with Crippen molar-refractivity contribution in [1.82, 2.24) is 4.98 Å². The van der Waals surface area contributed by atoms with Gasteiger partial charge >= 0.3 is 0 Å². The minimum atomic E-state index is -0.114. The molecule has 4 heteroatoms. The van der Waals surface area contributed by atoms with Crippen LogP contribution in [0.1, 0.15) is 17.5 Å². The van der Waals surface area contributed by atoms with Crippen molar-refractivity contribution in [3.63, 3.8) is 0 Å². The first-order valence-corrected chi connectivity index (χ1v) is 4.83. The van der Waals surface area contributed by atoms with E-state index in [1.54, 1.807) is 17.3 Å². The van der Waals surface area contributed by atoms with Crippen molar-refractivity contribution in [3.05, 3.63) is 23.5 Å². The van der Waals surface area contributed by atoms with Crippen molar-refractivity contribution in [1.29, 1.82) is 0 Å². The van der Waals surface area contributed by atoms with Gasteiger partial charge in [-0.2, -0.15) is 0 Å². The number of aryl methyl sites for hydroxylation is 2. The van der Waals surface area contributed by atoms with Crippen LogP contribution in [-0.4, -0.2) is 23.2 Å². The number of pyridine rings is 1. The molecule has 0 unspecified atom stereocenters. The molecule has 1 aromatic heterocycles. The molecule has 2 heterocycles. The molecule has 0 atom stereocenters. The highest BCUT2D eigenvalue weighted by Gasteiger charge is 2.30. The third-order valence-corrected chi connectivity index (χ3v) is 2.54. The lowest BCUT2D eigenvalue weighted by atomic mass is 10.1. The average Bonchev–Trinajstić information content (AvgIpc) is 2.45. The summed E-state index contributed by atoms with van der Waals surface area (Å²) in [4.78, 5) is 28.3. The monoisotopic (exact) mass is 204 g/mol. The van der Waals surface area contributed by atoms with Gasteiger partial charge in [-0.15, -0.1) is 0 Å². The summed E-state index contributed by atoms with van der Waals surface area (Å²) in [5, 5.41) is 0. The summed E-state index contributed by atoms with van der Waals surface area (Å²) >= 11 is 0. The van der Waals surface area contributed by atoms with Gasteiger partial charge < -0.3 is 4.90 Å². The smallest absolute Gasteiger partial charge is 0.234 e. The van der Waals surface area contributed by atoms with Crippen molar-refractivity contribution in [2.24, 2.45) is 0 Å². The van der Waals surface area contributed by atoms with Gasteiger partial charge in [0, 0.05) is 12.4 Å². The van der Waals surface area contributed by atoms with Crippen LogP contribution in [0.3, 0.4) is 0 Å². The highest BCUT2D eigenvalue weighted by Crippen LogP contribution is 2.26. The molecule has 0 spiro atoms. The van der Waals surface area contributed by atoms with E-state index in [9.17, 15) is 9.59 Å². The summed E-state index contributed by atoms with van der Waals surface area (Å²) < 4.78 is 0. The Kier molecular flexibility index (Phi) is 2.26. The van der Waals surface area contributed by atoms with Crippen LogP contribution in [0.2, 0.25) is 0 Å². The van der Waals surface area contributed by atoms with E-state index in [2.05, 4.69) is 4.98 Å². The zero-order valence-electron chi connectivity index (χ0n) is 8.78. The number of carbonyl (C=O) groups excluding carboxylic acids is 2. The van der Waals surface area contributed by atoms with Gasteiger partial charge in [0.05, 0.1) is 18.7 Å². The maximum Gasteiger partial charge on any atom is 0.234 e. The molecule has 2 rings (SSSR count). The number of hydrogen-bond donors (Lipinski definition) is 0. The van der Waals surface area contributed by atoms with Crippen molar-refractivity contribution in [3.8, 4) is 0 Å². The molecule has 78 valence electrons. The van der Waals surface area contributed by atoms with E-state index in [0.29, 0.717) is 0 Å². The Hall–Kier alpha value is -1.71. The van der Waals surface area contributed by atoms with E-state index in [0.717, 1.165) is 16.8 Å². The molecular formula is C11H12N2O2. The highest BCUT2D eigenvalue weighted by molar-refractivity contribution is 6.15. The summed E-state index contributed by atoms with van der Waals surface area (Å²) in [6, 6.07) is 0. The van der Waals surface area contributed by atoms with Crippen LogP contribution in [0.4, 0.5) is 5.69 Å². The Balaban J connectivity index is 2.46. The van der Waals surface area contributed by atoms with Gasteiger partial charge in [-0.1, -0.05) is 0 Å². The molecule has 0 saturated carbocycles. The SMILES string of the molecule is Cc1cncc(C)c1N1CC(=O)CC1=O. The number of carbonyl (C=O) groups is 2. The van der Waals surface area contributed by atoms with Crippen LogP contribution >= 0.6 is 0 Å². The Morgan fingerprint density at radius 1 is 1.20 bits per heavy atom. The van der Waals surface area contributed by atoms with Crippen LogP contribution < -0.4 is 4.90 Å². The summed E-state index contributed by atoms with van der Waals surface area (Å²) in [6.45, 7) is 3.99. The lowest BCUT2D eigenvalue weighted by molar-refractivity contribution is -0.121. The minimum Gasteiger partial charge on any atom is -0.304 e. The lowest BCUT2D eigenvalue weighted by Crippen LogP contribution is -2.26. The van der Waals surface area contributed by atoms with E-state index < -0.39 is 0 Å². The number of Topliss-reactive ketones (excluding diaryl/α,β-unsaturated/α-hetero) is 1. The Labute approximate surface area is 87.9 Å². The van der Waals surface area contributed by atoms with Crippen molar-refractivity contribution in [2.75, 3.05) is 11.4 Å². The van der Waals surface area contributed by atoms with Crippen LogP contribution in [0, 0.1) is 13.8 Å². The zero-order chi connectivity index (χ0) is 11.0. The number of nitrogens with zero attached hydrogens (tertiary/aromatic N) is 2. The molecule has 15 heavy (non-hydrogen) atoms. The van der Waals surface area contributed by atoms with Gasteiger partial charge in [0.2, 0.25) is 5.91 Å². The first-order chi connectivity index (χ1) is 7.09. The molecule has 0 aliphatic carbocycles. The molecule has 0 radical (unpaired) electrons. The molecule has 0 aromatic carbocycles. The number of rotatable bonds is 1.